The van der Waals surface area contributed by atoms with Crippen molar-refractivity contribution in [2.45, 2.75) is 6.54 Å². The van der Waals surface area contributed by atoms with E-state index in [9.17, 15) is 0 Å². The Kier molecular flexibility index (Phi) is 3.16. The van der Waals surface area contributed by atoms with Gasteiger partial charge in [-0.3, -0.25) is 4.90 Å². The lowest BCUT2D eigenvalue weighted by Gasteiger charge is -2.16. The molecule has 0 aliphatic heterocycles. The minimum atomic E-state index is -0.201. The van der Waals surface area contributed by atoms with Gasteiger partial charge in [0.05, 0.1) is 30.2 Å². The van der Waals surface area contributed by atoms with Gasteiger partial charge in [0.25, 0.3) is 0 Å². The number of hydrogen-bond donors (Lipinski definition) is 3. The van der Waals surface area contributed by atoms with Crippen LogP contribution >= 0.6 is 0 Å². The Hall–Kier alpha value is -1.95. The highest BCUT2D eigenvalue weighted by Crippen LogP contribution is 2.25. The van der Waals surface area contributed by atoms with Crippen molar-refractivity contribution < 1.29 is 10.2 Å². The molecule has 1 aromatic carbocycles. The van der Waals surface area contributed by atoms with Gasteiger partial charge >= 0.3 is 0 Å². The molecule has 0 bridgehead atoms. The molecule has 0 aliphatic rings. The smallest absolute Gasteiger partial charge is 0.0977 e. The molecule has 2 heterocycles. The molecular weight excluding hydrogens is 242 g/mol. The molecule has 0 aliphatic carbocycles. The van der Waals surface area contributed by atoms with E-state index in [1.807, 2.05) is 36.5 Å². The van der Waals surface area contributed by atoms with Crippen LogP contribution in [0.25, 0.3) is 21.8 Å². The Morgan fingerprint density at radius 3 is 2.63 bits per heavy atom. The number of fused-ring (bicyclic) bond motifs is 3. The highest BCUT2D eigenvalue weighted by molar-refractivity contribution is 6.05. The summed E-state index contributed by atoms with van der Waals surface area (Å²) in [6.45, 7) is -0.00470. The van der Waals surface area contributed by atoms with Gasteiger partial charge in [0.1, 0.15) is 0 Å². The van der Waals surface area contributed by atoms with Crippen molar-refractivity contribution in [3.05, 3.63) is 42.2 Å². The summed E-state index contributed by atoms with van der Waals surface area (Å²) in [7, 11) is 0. The summed E-state index contributed by atoms with van der Waals surface area (Å²) in [5.74, 6) is 0. The van der Waals surface area contributed by atoms with Crippen molar-refractivity contribution in [2.24, 2.45) is 0 Å². The number of aliphatic hydroxyl groups excluding tert-OH is 2. The number of rotatable bonds is 4. The van der Waals surface area contributed by atoms with Gasteiger partial charge in [0, 0.05) is 23.5 Å². The first-order valence-electron chi connectivity index (χ1n) is 6.12. The standard InChI is InChI=1S/C14H15N3O2/c18-8-17(9-19)7-13-14-11(5-6-15-14)10-3-1-2-4-12(10)16-13/h1-6,15,18-19H,7-9H2. The molecule has 0 unspecified atom stereocenters. The number of H-pyrrole nitrogens is 1. The van der Waals surface area contributed by atoms with E-state index >= 15 is 0 Å². The van der Waals surface area contributed by atoms with Crippen LogP contribution in [-0.4, -0.2) is 38.5 Å². The molecule has 0 radical (unpaired) electrons. The lowest BCUT2D eigenvalue weighted by atomic mass is 10.1. The number of hydrogen-bond acceptors (Lipinski definition) is 4. The van der Waals surface area contributed by atoms with Crippen LogP contribution in [0.3, 0.4) is 0 Å². The second kappa shape index (κ2) is 4.97. The maximum atomic E-state index is 9.15. The molecule has 3 aromatic rings. The van der Waals surface area contributed by atoms with Crippen LogP contribution in [0.2, 0.25) is 0 Å². The van der Waals surface area contributed by atoms with Crippen LogP contribution in [0.4, 0.5) is 0 Å². The van der Waals surface area contributed by atoms with Gasteiger partial charge in [-0.05, 0) is 12.1 Å². The molecule has 3 rings (SSSR count). The van der Waals surface area contributed by atoms with Crippen LogP contribution in [0.1, 0.15) is 5.69 Å². The third-order valence-corrected chi connectivity index (χ3v) is 3.26. The van der Waals surface area contributed by atoms with Gasteiger partial charge in [-0.2, -0.15) is 0 Å². The summed E-state index contributed by atoms with van der Waals surface area (Å²) < 4.78 is 0. The number of aliphatic hydroxyl groups is 2. The molecule has 98 valence electrons. The van der Waals surface area contributed by atoms with Crippen LogP contribution in [0.5, 0.6) is 0 Å². The molecule has 0 fully saturated rings. The van der Waals surface area contributed by atoms with Crippen molar-refractivity contribution in [2.75, 3.05) is 13.5 Å². The predicted octanol–water partition coefficient (Wildman–Crippen LogP) is 1.42. The van der Waals surface area contributed by atoms with Crippen LogP contribution < -0.4 is 0 Å². The van der Waals surface area contributed by atoms with E-state index in [1.165, 1.54) is 4.90 Å². The van der Waals surface area contributed by atoms with E-state index in [0.717, 1.165) is 27.5 Å². The van der Waals surface area contributed by atoms with Gasteiger partial charge in [-0.25, -0.2) is 4.98 Å². The summed E-state index contributed by atoms with van der Waals surface area (Å²) in [4.78, 5) is 9.29. The topological polar surface area (TPSA) is 72.4 Å². The highest BCUT2D eigenvalue weighted by atomic mass is 16.3. The zero-order valence-corrected chi connectivity index (χ0v) is 10.4. The maximum Gasteiger partial charge on any atom is 0.0977 e. The summed E-state index contributed by atoms with van der Waals surface area (Å²) >= 11 is 0. The van der Waals surface area contributed by atoms with Gasteiger partial charge in [-0.15, -0.1) is 0 Å². The number of nitrogens with zero attached hydrogens (tertiary/aromatic N) is 2. The van der Waals surface area contributed by atoms with E-state index < -0.39 is 0 Å². The van der Waals surface area contributed by atoms with Crippen molar-refractivity contribution in [3.63, 3.8) is 0 Å². The molecule has 5 nitrogen and oxygen atoms in total. The Labute approximate surface area is 110 Å². The summed E-state index contributed by atoms with van der Waals surface area (Å²) in [6, 6.07) is 9.97. The van der Waals surface area contributed by atoms with Gasteiger partial charge in [0.15, 0.2) is 0 Å². The Balaban J connectivity index is 2.19. The quantitative estimate of drug-likeness (QED) is 0.618. The van der Waals surface area contributed by atoms with Gasteiger partial charge in [-0.1, -0.05) is 18.2 Å². The second-order valence-electron chi connectivity index (χ2n) is 4.45. The zero-order chi connectivity index (χ0) is 13.2. The van der Waals surface area contributed by atoms with E-state index in [-0.39, 0.29) is 13.5 Å². The lowest BCUT2D eigenvalue weighted by Crippen LogP contribution is -2.25. The minimum absolute atomic E-state index is 0.201. The fraction of sp³-hybridized carbons (Fsp3) is 0.214. The second-order valence-corrected chi connectivity index (χ2v) is 4.45. The van der Waals surface area contributed by atoms with Crippen molar-refractivity contribution in [1.29, 1.82) is 0 Å². The van der Waals surface area contributed by atoms with Crippen molar-refractivity contribution >= 4 is 21.8 Å². The molecule has 3 N–H and O–H groups in total. The largest absolute Gasteiger partial charge is 0.381 e. The van der Waals surface area contributed by atoms with E-state index in [4.69, 9.17) is 10.2 Å². The first kappa shape index (κ1) is 12.1. The molecule has 0 saturated heterocycles. The predicted molar refractivity (Wildman–Crippen MR) is 73.3 cm³/mol. The third-order valence-electron chi connectivity index (χ3n) is 3.26. The Morgan fingerprint density at radius 1 is 1.05 bits per heavy atom. The first-order chi connectivity index (χ1) is 9.33. The number of pyridine rings is 1. The molecule has 5 heteroatoms. The molecule has 0 saturated carbocycles. The van der Waals surface area contributed by atoms with Gasteiger partial charge < -0.3 is 15.2 Å². The summed E-state index contributed by atoms with van der Waals surface area (Å²) in [6.07, 6.45) is 1.88. The van der Waals surface area contributed by atoms with Gasteiger partial charge in [0.2, 0.25) is 0 Å². The van der Waals surface area contributed by atoms with E-state index in [2.05, 4.69) is 9.97 Å². The molecular formula is C14H15N3O2. The average molecular weight is 257 g/mol. The Bertz CT molecular complexity index is 704. The Morgan fingerprint density at radius 2 is 1.84 bits per heavy atom. The van der Waals surface area contributed by atoms with Crippen LogP contribution in [0, 0.1) is 0 Å². The fourth-order valence-electron chi connectivity index (χ4n) is 2.30. The van der Waals surface area contributed by atoms with Crippen molar-refractivity contribution in [1.82, 2.24) is 14.9 Å². The number of nitrogens with one attached hydrogen (secondary N) is 1. The molecule has 0 atom stereocenters. The summed E-state index contributed by atoms with van der Waals surface area (Å²) in [5.41, 5.74) is 2.69. The van der Waals surface area contributed by atoms with E-state index in [0.29, 0.717) is 6.54 Å². The van der Waals surface area contributed by atoms with Crippen LogP contribution in [0.15, 0.2) is 36.5 Å². The number of para-hydroxylation sites is 1. The normalized spacial score (nSPS) is 11.7. The zero-order valence-electron chi connectivity index (χ0n) is 10.4. The molecule has 19 heavy (non-hydrogen) atoms. The highest BCUT2D eigenvalue weighted by Gasteiger charge is 2.11. The minimum Gasteiger partial charge on any atom is -0.381 e. The van der Waals surface area contributed by atoms with Crippen molar-refractivity contribution in [3.8, 4) is 0 Å². The monoisotopic (exact) mass is 257 g/mol. The number of aromatic nitrogens is 2. The third kappa shape index (κ3) is 2.08. The number of aromatic amines is 1. The average Bonchev–Trinajstić information content (AvgIpc) is 2.94. The first-order valence-corrected chi connectivity index (χ1v) is 6.12. The molecule has 0 amide bonds. The van der Waals surface area contributed by atoms with E-state index in [1.54, 1.807) is 0 Å². The maximum absolute atomic E-state index is 9.15. The lowest BCUT2D eigenvalue weighted by molar-refractivity contribution is 0.0229. The fourth-order valence-corrected chi connectivity index (χ4v) is 2.30. The number of benzene rings is 1. The van der Waals surface area contributed by atoms with Crippen LogP contribution in [-0.2, 0) is 6.54 Å². The summed E-state index contributed by atoms with van der Waals surface area (Å²) in [5, 5.41) is 20.5. The SMILES string of the molecule is OCN(CO)Cc1nc2ccccc2c2cc[nH]c12. The molecule has 2 aromatic heterocycles. The molecule has 0 spiro atoms.